The van der Waals surface area contributed by atoms with Crippen LogP contribution in [0.15, 0.2) is 94.3 Å². The molecule has 2 N–H and O–H groups in total. The molecule has 3 rings (SSSR count). The third kappa shape index (κ3) is 6.01. The number of nitrogens with one attached hydrogen (secondary N) is 2. The van der Waals surface area contributed by atoms with E-state index in [0.29, 0.717) is 0 Å². The van der Waals surface area contributed by atoms with Crippen LogP contribution in [0.4, 0.5) is 0 Å². The molecule has 0 fully saturated rings. The zero-order valence-electron chi connectivity index (χ0n) is 16.5. The summed E-state index contributed by atoms with van der Waals surface area (Å²) in [6.07, 6.45) is 0.240. The average Bonchev–Trinajstić information content (AvgIpc) is 2.74. The first kappa shape index (κ1) is 22.2. The number of benzene rings is 3. The molecule has 5 nitrogen and oxygen atoms in total. The van der Waals surface area contributed by atoms with Crippen LogP contribution >= 0.6 is 15.9 Å². The maximum atomic E-state index is 13.1. The Balaban J connectivity index is 1.82. The Morgan fingerprint density at radius 3 is 2.20 bits per heavy atom. The van der Waals surface area contributed by atoms with Gasteiger partial charge in [-0.05, 0) is 48.7 Å². The van der Waals surface area contributed by atoms with Crippen molar-refractivity contribution < 1.29 is 13.2 Å². The van der Waals surface area contributed by atoms with Crippen LogP contribution in [-0.4, -0.2) is 20.4 Å². The molecule has 2 atom stereocenters. The lowest BCUT2D eigenvalue weighted by atomic mass is 10.0. The average molecular weight is 487 g/mol. The Labute approximate surface area is 185 Å². The minimum atomic E-state index is -3.85. The molecule has 0 spiro atoms. The highest BCUT2D eigenvalue weighted by Crippen LogP contribution is 2.18. The summed E-state index contributed by atoms with van der Waals surface area (Å²) in [5.41, 5.74) is 1.78. The predicted molar refractivity (Wildman–Crippen MR) is 121 cm³/mol. The van der Waals surface area contributed by atoms with E-state index < -0.39 is 16.1 Å². The molecule has 0 saturated carbocycles. The van der Waals surface area contributed by atoms with Gasteiger partial charge < -0.3 is 5.32 Å². The minimum absolute atomic E-state index is 0.121. The van der Waals surface area contributed by atoms with Gasteiger partial charge in [0.15, 0.2) is 0 Å². The summed E-state index contributed by atoms with van der Waals surface area (Å²) in [5, 5.41) is 2.93. The predicted octanol–water partition coefficient (Wildman–Crippen LogP) is 4.22. The summed E-state index contributed by atoms with van der Waals surface area (Å²) in [4.78, 5) is 13.2. The van der Waals surface area contributed by atoms with E-state index in [0.717, 1.165) is 15.6 Å². The third-order valence-electron chi connectivity index (χ3n) is 4.66. The van der Waals surface area contributed by atoms with Crippen LogP contribution in [0.5, 0.6) is 0 Å². The highest BCUT2D eigenvalue weighted by Gasteiger charge is 2.27. The van der Waals surface area contributed by atoms with E-state index in [9.17, 15) is 13.2 Å². The Kier molecular flexibility index (Phi) is 7.42. The van der Waals surface area contributed by atoms with Gasteiger partial charge in [0, 0.05) is 4.47 Å². The fourth-order valence-electron chi connectivity index (χ4n) is 3.07. The fraction of sp³-hybridized carbons (Fsp3) is 0.174. The zero-order chi connectivity index (χ0) is 21.6. The number of hydrogen-bond acceptors (Lipinski definition) is 3. The van der Waals surface area contributed by atoms with Gasteiger partial charge in [-0.3, -0.25) is 4.79 Å². The lowest BCUT2D eigenvalue weighted by molar-refractivity contribution is -0.123. The maximum Gasteiger partial charge on any atom is 0.241 e. The number of amides is 1. The van der Waals surface area contributed by atoms with Crippen LogP contribution in [0.25, 0.3) is 0 Å². The first-order valence-electron chi connectivity index (χ1n) is 9.52. The maximum absolute atomic E-state index is 13.1. The van der Waals surface area contributed by atoms with E-state index in [1.54, 1.807) is 18.2 Å². The molecule has 0 aliphatic carbocycles. The quantitative estimate of drug-likeness (QED) is 0.500. The molecule has 156 valence electrons. The van der Waals surface area contributed by atoms with Crippen molar-refractivity contribution in [2.45, 2.75) is 30.3 Å². The van der Waals surface area contributed by atoms with Gasteiger partial charge in [-0.2, -0.15) is 4.72 Å². The molecule has 3 aromatic rings. The van der Waals surface area contributed by atoms with Gasteiger partial charge >= 0.3 is 0 Å². The summed E-state index contributed by atoms with van der Waals surface area (Å²) in [6, 6.07) is 23.8. The summed E-state index contributed by atoms with van der Waals surface area (Å²) < 4.78 is 29.2. The lowest BCUT2D eigenvalue weighted by Crippen LogP contribution is -2.48. The largest absolute Gasteiger partial charge is 0.348 e. The van der Waals surface area contributed by atoms with Crippen molar-refractivity contribution in [2.24, 2.45) is 0 Å². The lowest BCUT2D eigenvalue weighted by Gasteiger charge is -2.22. The number of carbonyl (C=O) groups excluding carboxylic acids is 1. The normalized spacial score (nSPS) is 13.4. The van der Waals surface area contributed by atoms with E-state index in [1.807, 2.05) is 61.5 Å². The van der Waals surface area contributed by atoms with Gasteiger partial charge in [0.1, 0.15) is 6.04 Å². The fourth-order valence-corrected chi connectivity index (χ4v) is 4.70. The summed E-state index contributed by atoms with van der Waals surface area (Å²) in [6.45, 7) is 1.87. The minimum Gasteiger partial charge on any atom is -0.348 e. The van der Waals surface area contributed by atoms with Gasteiger partial charge in [0.2, 0.25) is 15.9 Å². The van der Waals surface area contributed by atoms with Crippen molar-refractivity contribution in [3.05, 3.63) is 101 Å². The molecule has 0 aromatic heterocycles. The SMILES string of the molecule is C[C@H](NC(=O)[C@@H](Cc1ccccc1)NS(=O)(=O)c1ccccc1)c1cccc(Br)c1. The Hall–Kier alpha value is -2.48. The first-order chi connectivity index (χ1) is 14.3. The van der Waals surface area contributed by atoms with Crippen LogP contribution in [0.3, 0.4) is 0 Å². The molecule has 0 aliphatic rings. The van der Waals surface area contributed by atoms with Crippen molar-refractivity contribution in [3.8, 4) is 0 Å². The Morgan fingerprint density at radius 2 is 1.57 bits per heavy atom. The Morgan fingerprint density at radius 1 is 0.933 bits per heavy atom. The zero-order valence-corrected chi connectivity index (χ0v) is 18.9. The second kappa shape index (κ2) is 10.0. The monoisotopic (exact) mass is 486 g/mol. The molecule has 3 aromatic carbocycles. The molecule has 0 aliphatic heterocycles. The number of halogens is 1. The Bertz CT molecular complexity index is 1090. The topological polar surface area (TPSA) is 75.3 Å². The first-order valence-corrected chi connectivity index (χ1v) is 11.8. The van der Waals surface area contributed by atoms with Crippen LogP contribution in [-0.2, 0) is 21.2 Å². The van der Waals surface area contributed by atoms with E-state index in [1.165, 1.54) is 12.1 Å². The summed E-state index contributed by atoms with van der Waals surface area (Å²) in [7, 11) is -3.85. The van der Waals surface area contributed by atoms with Gasteiger partial charge in [-0.25, -0.2) is 8.42 Å². The van der Waals surface area contributed by atoms with Crippen molar-refractivity contribution in [1.82, 2.24) is 10.0 Å². The number of sulfonamides is 1. The van der Waals surface area contributed by atoms with Crippen LogP contribution < -0.4 is 10.0 Å². The highest BCUT2D eigenvalue weighted by atomic mass is 79.9. The molecule has 7 heteroatoms. The van der Waals surface area contributed by atoms with Crippen molar-refractivity contribution in [1.29, 1.82) is 0 Å². The molecule has 0 heterocycles. The van der Waals surface area contributed by atoms with Gasteiger partial charge in [0.25, 0.3) is 0 Å². The molecule has 0 saturated heterocycles. The van der Waals surface area contributed by atoms with E-state index in [2.05, 4.69) is 26.0 Å². The van der Waals surface area contributed by atoms with Gasteiger partial charge in [-0.1, -0.05) is 76.6 Å². The summed E-state index contributed by atoms with van der Waals surface area (Å²) in [5.74, 6) is -0.383. The number of hydrogen-bond donors (Lipinski definition) is 2. The summed E-state index contributed by atoms with van der Waals surface area (Å²) >= 11 is 3.43. The van der Waals surface area contributed by atoms with E-state index >= 15 is 0 Å². The molecular formula is C23H23BrN2O3S. The number of carbonyl (C=O) groups is 1. The third-order valence-corrected chi connectivity index (χ3v) is 6.64. The van der Waals surface area contributed by atoms with Gasteiger partial charge in [-0.15, -0.1) is 0 Å². The molecule has 1 amide bonds. The van der Waals surface area contributed by atoms with Crippen molar-refractivity contribution in [2.75, 3.05) is 0 Å². The molecule has 30 heavy (non-hydrogen) atoms. The van der Waals surface area contributed by atoms with E-state index in [4.69, 9.17) is 0 Å². The van der Waals surface area contributed by atoms with Crippen LogP contribution in [0.2, 0.25) is 0 Å². The standard InChI is InChI=1S/C23H23BrN2O3S/c1-17(19-11-8-12-20(24)16-19)25-23(27)22(15-18-9-4-2-5-10-18)26-30(28,29)21-13-6-3-7-14-21/h2-14,16-17,22,26H,15H2,1H3,(H,25,27)/t17-,22+/m0/s1. The highest BCUT2D eigenvalue weighted by molar-refractivity contribution is 9.10. The van der Waals surface area contributed by atoms with Crippen molar-refractivity contribution >= 4 is 31.9 Å². The second-order valence-electron chi connectivity index (χ2n) is 6.96. The van der Waals surface area contributed by atoms with E-state index in [-0.39, 0.29) is 23.3 Å². The second-order valence-corrected chi connectivity index (χ2v) is 9.59. The van der Waals surface area contributed by atoms with Gasteiger partial charge in [0.05, 0.1) is 10.9 Å². The molecule has 0 radical (unpaired) electrons. The van der Waals surface area contributed by atoms with Crippen LogP contribution in [0.1, 0.15) is 24.1 Å². The smallest absolute Gasteiger partial charge is 0.241 e. The molecule has 0 bridgehead atoms. The molecule has 0 unspecified atom stereocenters. The van der Waals surface area contributed by atoms with Crippen LogP contribution in [0, 0.1) is 0 Å². The van der Waals surface area contributed by atoms with Crippen molar-refractivity contribution in [3.63, 3.8) is 0 Å². The number of rotatable bonds is 8. The molecular weight excluding hydrogens is 464 g/mol.